The van der Waals surface area contributed by atoms with Crippen LogP contribution in [0.2, 0.25) is 0 Å². The molecule has 2 aromatic carbocycles. The van der Waals surface area contributed by atoms with E-state index in [1.165, 1.54) is 16.8 Å². The van der Waals surface area contributed by atoms with E-state index in [1.54, 1.807) is 0 Å². The monoisotopic (exact) mass is 437 g/mol. The molecule has 1 N–H and O–H groups in total. The Morgan fingerprint density at radius 3 is 2.00 bits per heavy atom. The maximum atomic E-state index is 12.5. The van der Waals surface area contributed by atoms with Gasteiger partial charge in [0.05, 0.1) is 28.7 Å². The van der Waals surface area contributed by atoms with E-state index >= 15 is 0 Å². The van der Waals surface area contributed by atoms with Gasteiger partial charge in [-0.05, 0) is 11.1 Å². The van der Waals surface area contributed by atoms with Crippen molar-refractivity contribution in [1.29, 1.82) is 0 Å². The molecule has 0 fully saturated rings. The van der Waals surface area contributed by atoms with Crippen LogP contribution in [0, 0.1) is 0 Å². The number of aromatic nitrogens is 1. The molecule has 7 nitrogen and oxygen atoms in total. The van der Waals surface area contributed by atoms with Gasteiger partial charge in [0.1, 0.15) is 6.10 Å². The average molecular weight is 437 g/mol. The Kier molecular flexibility index (Phi) is 8.84. The summed E-state index contributed by atoms with van der Waals surface area (Å²) < 4.78 is 40.3. The first-order valence-electron chi connectivity index (χ1n) is 8.92. The van der Waals surface area contributed by atoms with Gasteiger partial charge in [0.2, 0.25) is 5.43 Å². The van der Waals surface area contributed by atoms with E-state index in [-0.39, 0.29) is 47.5 Å². The summed E-state index contributed by atoms with van der Waals surface area (Å²) in [6, 6.07) is 19.9. The molecule has 0 bridgehead atoms. The Hall–Kier alpha value is -1.94. The molecule has 0 aliphatic rings. The van der Waals surface area contributed by atoms with Crippen LogP contribution in [0.4, 0.5) is 0 Å². The van der Waals surface area contributed by atoms with Gasteiger partial charge in [0.25, 0.3) is 0 Å². The number of pyridine rings is 1. The van der Waals surface area contributed by atoms with Crippen molar-refractivity contribution in [2.24, 2.45) is 0 Å². The van der Waals surface area contributed by atoms with E-state index in [0.717, 1.165) is 11.1 Å². The molecule has 9 heteroatoms. The number of aliphatic hydroxyl groups excluding tert-OH is 1. The van der Waals surface area contributed by atoms with Gasteiger partial charge in [-0.15, -0.1) is 0 Å². The minimum absolute atomic E-state index is 0. The quantitative estimate of drug-likeness (QED) is 0.360. The van der Waals surface area contributed by atoms with Gasteiger partial charge in [-0.1, -0.05) is 60.7 Å². The Balaban J connectivity index is 0.00000320. The fraction of sp³-hybridized carbons (Fsp3) is 0.190. The predicted molar refractivity (Wildman–Crippen MR) is 107 cm³/mol. The molecule has 30 heavy (non-hydrogen) atoms. The van der Waals surface area contributed by atoms with E-state index in [2.05, 4.69) is 0 Å². The number of ether oxygens (including phenoxy) is 1. The van der Waals surface area contributed by atoms with E-state index in [1.807, 2.05) is 60.7 Å². The van der Waals surface area contributed by atoms with Gasteiger partial charge in [0.15, 0.2) is 5.75 Å². The molecule has 0 spiro atoms. The minimum Gasteiger partial charge on any atom is -0.748 e. The second kappa shape index (κ2) is 10.9. The molecule has 0 saturated carbocycles. The van der Waals surface area contributed by atoms with Crippen LogP contribution in [-0.2, 0) is 23.3 Å². The normalized spacial score (nSPS) is 11.2. The average Bonchev–Trinajstić information content (AvgIpc) is 2.72. The molecule has 3 rings (SSSR count). The summed E-state index contributed by atoms with van der Waals surface area (Å²) in [6.07, 6.45) is 0.763. The number of rotatable bonds is 8. The first-order valence-corrected chi connectivity index (χ1v) is 10.5. The Morgan fingerprint density at radius 1 is 1.00 bits per heavy atom. The summed E-state index contributed by atoms with van der Waals surface area (Å²) in [6.45, 7) is -0.672. The summed E-state index contributed by atoms with van der Waals surface area (Å²) in [5.41, 5.74) is 1.41. The van der Waals surface area contributed by atoms with E-state index in [4.69, 9.17) is 4.74 Å². The SMILES string of the molecule is O=c1cc(CO)n(CCS(=O)(=O)[O-])cc1OC(c1ccccc1)c1ccccc1.[Na+]. The maximum Gasteiger partial charge on any atom is 1.00 e. The standard InChI is InChI=1S/C21H21NO6S.Na/c23-15-18-13-19(24)20(14-22(18)11-12-29(25,26)27)28-21(16-7-3-1-4-8-16)17-9-5-2-6-10-17;/h1-10,13-14,21,23H,11-12,15H2,(H,25,26,27);/q;+1/p-1. The third-order valence-corrected chi connectivity index (χ3v) is 5.06. The third kappa shape index (κ3) is 6.53. The fourth-order valence-corrected chi connectivity index (χ4v) is 3.37. The maximum absolute atomic E-state index is 12.5. The molecule has 0 aliphatic carbocycles. The van der Waals surface area contributed by atoms with Crippen molar-refractivity contribution in [1.82, 2.24) is 4.57 Å². The van der Waals surface area contributed by atoms with Crippen LogP contribution in [0.25, 0.3) is 0 Å². The molecular formula is C21H20NNaO6S. The van der Waals surface area contributed by atoms with Gasteiger partial charge in [0, 0.05) is 18.3 Å². The van der Waals surface area contributed by atoms with Crippen molar-refractivity contribution in [3.63, 3.8) is 0 Å². The molecular weight excluding hydrogens is 417 g/mol. The summed E-state index contributed by atoms with van der Waals surface area (Å²) >= 11 is 0. The molecule has 0 saturated heterocycles. The molecule has 152 valence electrons. The number of aryl methyl sites for hydroxylation is 1. The molecule has 3 aromatic rings. The summed E-state index contributed by atoms with van der Waals surface area (Å²) in [5.74, 6) is -0.675. The zero-order valence-electron chi connectivity index (χ0n) is 16.5. The second-order valence-electron chi connectivity index (χ2n) is 6.43. The molecule has 0 atom stereocenters. The molecule has 0 unspecified atom stereocenters. The second-order valence-corrected chi connectivity index (χ2v) is 7.95. The topological polar surface area (TPSA) is 109 Å². The van der Waals surface area contributed by atoms with Crippen LogP contribution in [0.3, 0.4) is 0 Å². The molecule has 1 heterocycles. The van der Waals surface area contributed by atoms with Gasteiger partial charge >= 0.3 is 29.6 Å². The minimum atomic E-state index is -4.45. The molecule has 0 radical (unpaired) electrons. The van der Waals surface area contributed by atoms with Crippen molar-refractivity contribution in [3.8, 4) is 5.75 Å². The largest absolute Gasteiger partial charge is 1.00 e. The van der Waals surface area contributed by atoms with Gasteiger partial charge in [-0.3, -0.25) is 4.79 Å². The number of aliphatic hydroxyl groups is 1. The van der Waals surface area contributed by atoms with Crippen LogP contribution in [0.15, 0.2) is 77.7 Å². The van der Waals surface area contributed by atoms with Crippen molar-refractivity contribution >= 4 is 10.1 Å². The summed E-state index contributed by atoms with van der Waals surface area (Å²) in [7, 11) is -4.45. The van der Waals surface area contributed by atoms with Gasteiger partial charge < -0.3 is 19.0 Å². The predicted octanol–water partition coefficient (Wildman–Crippen LogP) is -0.942. The smallest absolute Gasteiger partial charge is 0.748 e. The Labute approximate surface area is 197 Å². The van der Waals surface area contributed by atoms with Crippen molar-refractivity contribution in [2.75, 3.05) is 5.75 Å². The number of hydrogen-bond acceptors (Lipinski definition) is 6. The Morgan fingerprint density at radius 2 is 1.53 bits per heavy atom. The Bertz CT molecular complexity index is 1080. The first kappa shape index (κ1) is 24.3. The van der Waals surface area contributed by atoms with Crippen molar-refractivity contribution in [3.05, 3.63) is 100.0 Å². The van der Waals surface area contributed by atoms with Crippen LogP contribution < -0.4 is 39.7 Å². The fourth-order valence-electron chi connectivity index (χ4n) is 2.95. The summed E-state index contributed by atoms with van der Waals surface area (Å²) in [5, 5.41) is 9.47. The molecule has 0 aliphatic heterocycles. The first-order chi connectivity index (χ1) is 13.9. The van der Waals surface area contributed by atoms with Crippen LogP contribution in [-0.4, -0.2) is 28.4 Å². The van der Waals surface area contributed by atoms with Crippen LogP contribution in [0.1, 0.15) is 22.9 Å². The third-order valence-electron chi connectivity index (χ3n) is 4.38. The molecule has 1 aromatic heterocycles. The summed E-state index contributed by atoms with van der Waals surface area (Å²) in [4.78, 5) is 12.5. The van der Waals surface area contributed by atoms with E-state index in [9.17, 15) is 22.9 Å². The number of hydrogen-bond donors (Lipinski definition) is 1. The van der Waals surface area contributed by atoms with E-state index < -0.39 is 34.0 Å². The van der Waals surface area contributed by atoms with Crippen molar-refractivity contribution < 1.29 is 52.4 Å². The number of nitrogens with zero attached hydrogens (tertiary/aromatic N) is 1. The van der Waals surface area contributed by atoms with E-state index in [0.29, 0.717) is 0 Å². The van der Waals surface area contributed by atoms with Gasteiger partial charge in [-0.2, -0.15) is 0 Å². The zero-order chi connectivity index (χ0) is 20.9. The zero-order valence-corrected chi connectivity index (χ0v) is 19.3. The number of benzene rings is 2. The van der Waals surface area contributed by atoms with Crippen molar-refractivity contribution in [2.45, 2.75) is 19.3 Å². The van der Waals surface area contributed by atoms with Crippen LogP contribution in [0.5, 0.6) is 5.75 Å². The van der Waals surface area contributed by atoms with Gasteiger partial charge in [-0.25, -0.2) is 8.42 Å². The van der Waals surface area contributed by atoms with Crippen LogP contribution >= 0.6 is 0 Å². The molecule has 0 amide bonds.